The van der Waals surface area contributed by atoms with Crippen LogP contribution in [0.4, 0.5) is 0 Å². The van der Waals surface area contributed by atoms with E-state index >= 15 is 0 Å². The number of hydrogen-bond donors (Lipinski definition) is 1. The zero-order valence-electron chi connectivity index (χ0n) is 12.1. The molecule has 4 nitrogen and oxygen atoms in total. The van der Waals surface area contributed by atoms with Crippen LogP contribution in [-0.4, -0.2) is 38.9 Å². The lowest BCUT2D eigenvalue weighted by molar-refractivity contribution is 0.293. The zero-order valence-corrected chi connectivity index (χ0v) is 15.3. The first-order valence-electron chi connectivity index (χ1n) is 6.86. The molecule has 1 unspecified atom stereocenters. The van der Waals surface area contributed by atoms with Crippen molar-refractivity contribution in [3.05, 3.63) is 28.6 Å². The third-order valence-electron chi connectivity index (χ3n) is 3.91. The highest BCUT2D eigenvalue weighted by molar-refractivity contribution is 7.89. The lowest BCUT2D eigenvalue weighted by Crippen LogP contribution is -2.46. The van der Waals surface area contributed by atoms with Gasteiger partial charge in [-0.25, -0.2) is 8.42 Å². The van der Waals surface area contributed by atoms with Crippen molar-refractivity contribution in [2.24, 2.45) is 0 Å². The largest absolute Gasteiger partial charge is 0.316 e. The number of halogens is 2. The van der Waals surface area contributed by atoms with E-state index in [2.05, 4.69) is 5.32 Å². The lowest BCUT2D eigenvalue weighted by Gasteiger charge is -2.31. The van der Waals surface area contributed by atoms with Crippen LogP contribution in [0.25, 0.3) is 10.1 Å². The van der Waals surface area contributed by atoms with Crippen LogP contribution < -0.4 is 5.32 Å². The number of rotatable bonds is 3. The molecule has 1 fully saturated rings. The first-order chi connectivity index (χ1) is 10.0. The second kappa shape index (κ2) is 7.03. The van der Waals surface area contributed by atoms with Gasteiger partial charge in [0.15, 0.2) is 0 Å². The van der Waals surface area contributed by atoms with Gasteiger partial charge in [-0.1, -0.05) is 11.6 Å². The number of nitrogens with one attached hydrogen (secondary N) is 1. The van der Waals surface area contributed by atoms with Gasteiger partial charge in [0.25, 0.3) is 0 Å². The van der Waals surface area contributed by atoms with E-state index in [1.165, 1.54) is 11.3 Å². The molecule has 1 saturated heterocycles. The van der Waals surface area contributed by atoms with Crippen molar-refractivity contribution < 1.29 is 8.42 Å². The highest BCUT2D eigenvalue weighted by Crippen LogP contribution is 2.34. The maximum atomic E-state index is 12.9. The molecule has 1 aliphatic heterocycles. The number of sulfonamides is 1. The molecular weight excluding hydrogens is 363 g/mol. The van der Waals surface area contributed by atoms with Crippen LogP contribution in [0, 0.1) is 0 Å². The summed E-state index contributed by atoms with van der Waals surface area (Å²) in [6.07, 6.45) is 1.90. The minimum Gasteiger partial charge on any atom is -0.316 e. The SMILES string of the molecule is CNC1CCCN(S(=O)(=O)c2csc3ccc(Cl)cc23)C1.Cl. The van der Waals surface area contributed by atoms with Gasteiger partial charge >= 0.3 is 0 Å². The molecule has 1 aromatic heterocycles. The van der Waals surface area contributed by atoms with E-state index in [4.69, 9.17) is 11.6 Å². The van der Waals surface area contributed by atoms with Crippen LogP contribution in [0.15, 0.2) is 28.5 Å². The molecule has 0 saturated carbocycles. The highest BCUT2D eigenvalue weighted by atomic mass is 35.5. The average Bonchev–Trinajstić information content (AvgIpc) is 2.91. The fraction of sp³-hybridized carbons (Fsp3) is 0.429. The van der Waals surface area contributed by atoms with Gasteiger partial charge in [0.05, 0.1) is 0 Å². The third-order valence-corrected chi connectivity index (χ3v) is 7.16. The average molecular weight is 381 g/mol. The van der Waals surface area contributed by atoms with Gasteiger partial charge in [-0.3, -0.25) is 0 Å². The van der Waals surface area contributed by atoms with E-state index in [0.29, 0.717) is 23.0 Å². The second-order valence-corrected chi connectivity index (χ2v) is 8.49. The summed E-state index contributed by atoms with van der Waals surface area (Å²) in [5.41, 5.74) is 0. The van der Waals surface area contributed by atoms with E-state index < -0.39 is 10.0 Å². The van der Waals surface area contributed by atoms with Crippen molar-refractivity contribution in [1.29, 1.82) is 0 Å². The summed E-state index contributed by atoms with van der Waals surface area (Å²) < 4.78 is 28.3. The smallest absolute Gasteiger partial charge is 0.244 e. The van der Waals surface area contributed by atoms with E-state index in [1.54, 1.807) is 21.8 Å². The van der Waals surface area contributed by atoms with Crippen LogP contribution >= 0.6 is 35.3 Å². The molecule has 122 valence electrons. The Bertz CT molecular complexity index is 761. The molecule has 0 spiro atoms. The Hall–Kier alpha value is -0.370. The van der Waals surface area contributed by atoms with Crippen LogP contribution in [-0.2, 0) is 10.0 Å². The molecule has 0 amide bonds. The predicted molar refractivity (Wildman–Crippen MR) is 94.9 cm³/mol. The quantitative estimate of drug-likeness (QED) is 0.887. The molecule has 3 rings (SSSR count). The molecular formula is C14H18Cl2N2O2S2. The van der Waals surface area contributed by atoms with Crippen molar-refractivity contribution in [2.75, 3.05) is 20.1 Å². The molecule has 0 bridgehead atoms. The Morgan fingerprint density at radius 2 is 2.18 bits per heavy atom. The molecule has 2 aromatic rings. The van der Waals surface area contributed by atoms with Crippen molar-refractivity contribution in [2.45, 2.75) is 23.8 Å². The molecule has 1 aromatic carbocycles. The molecule has 2 heterocycles. The van der Waals surface area contributed by atoms with Crippen molar-refractivity contribution in [3.63, 3.8) is 0 Å². The van der Waals surface area contributed by atoms with E-state index in [0.717, 1.165) is 22.9 Å². The van der Waals surface area contributed by atoms with Crippen molar-refractivity contribution in [3.8, 4) is 0 Å². The topological polar surface area (TPSA) is 49.4 Å². The van der Waals surface area contributed by atoms with Crippen LogP contribution in [0.2, 0.25) is 5.02 Å². The number of hydrogen-bond acceptors (Lipinski definition) is 4. The van der Waals surface area contributed by atoms with Gasteiger partial charge in [-0.05, 0) is 38.1 Å². The molecule has 1 N–H and O–H groups in total. The predicted octanol–water partition coefficient (Wildman–Crippen LogP) is 3.35. The number of piperidine rings is 1. The Balaban J connectivity index is 0.00000176. The van der Waals surface area contributed by atoms with E-state index in [1.807, 2.05) is 13.1 Å². The number of fused-ring (bicyclic) bond motifs is 1. The minimum atomic E-state index is -3.46. The Morgan fingerprint density at radius 3 is 2.91 bits per heavy atom. The van der Waals surface area contributed by atoms with Crippen molar-refractivity contribution >= 4 is 55.5 Å². The summed E-state index contributed by atoms with van der Waals surface area (Å²) in [7, 11) is -1.58. The monoisotopic (exact) mass is 380 g/mol. The maximum absolute atomic E-state index is 12.9. The standard InChI is InChI=1S/C14H17ClN2O2S2.ClH/c1-16-11-3-2-6-17(8-11)21(18,19)14-9-20-13-5-4-10(15)7-12(13)14;/h4-5,7,9,11,16H,2-3,6,8H2,1H3;1H. The van der Waals surface area contributed by atoms with Crippen LogP contribution in [0.5, 0.6) is 0 Å². The molecule has 22 heavy (non-hydrogen) atoms. The molecule has 1 atom stereocenters. The molecule has 0 aliphatic carbocycles. The van der Waals surface area contributed by atoms with Gasteiger partial charge in [-0.2, -0.15) is 4.31 Å². The van der Waals surface area contributed by atoms with Gasteiger partial charge < -0.3 is 5.32 Å². The number of likely N-dealkylation sites (N-methyl/N-ethyl adjacent to an activating group) is 1. The van der Waals surface area contributed by atoms with Gasteiger partial charge in [0, 0.05) is 39.6 Å². The van der Waals surface area contributed by atoms with Crippen LogP contribution in [0.3, 0.4) is 0 Å². The Kier molecular flexibility index (Phi) is 5.74. The van der Waals surface area contributed by atoms with E-state index in [9.17, 15) is 8.42 Å². The van der Waals surface area contributed by atoms with Gasteiger partial charge in [0.2, 0.25) is 10.0 Å². The highest BCUT2D eigenvalue weighted by Gasteiger charge is 2.31. The fourth-order valence-corrected chi connectivity index (χ4v) is 5.85. The second-order valence-electron chi connectivity index (χ2n) is 5.23. The van der Waals surface area contributed by atoms with Gasteiger partial charge in [-0.15, -0.1) is 23.7 Å². The first kappa shape index (κ1) is 18.0. The zero-order chi connectivity index (χ0) is 15.0. The molecule has 1 aliphatic rings. The minimum absolute atomic E-state index is 0. The molecule has 8 heteroatoms. The lowest BCUT2D eigenvalue weighted by atomic mass is 10.1. The molecule has 0 radical (unpaired) electrons. The summed E-state index contributed by atoms with van der Waals surface area (Å²) in [6.45, 7) is 1.11. The third kappa shape index (κ3) is 3.27. The number of nitrogens with zero attached hydrogens (tertiary/aromatic N) is 1. The summed E-state index contributed by atoms with van der Waals surface area (Å²) in [6, 6.07) is 5.62. The summed E-state index contributed by atoms with van der Waals surface area (Å²) >= 11 is 7.46. The Morgan fingerprint density at radius 1 is 1.41 bits per heavy atom. The van der Waals surface area contributed by atoms with Gasteiger partial charge in [0.1, 0.15) is 4.90 Å². The normalized spacial score (nSPS) is 20.0. The summed E-state index contributed by atoms with van der Waals surface area (Å²) in [5.74, 6) is 0. The number of benzene rings is 1. The summed E-state index contributed by atoms with van der Waals surface area (Å²) in [4.78, 5) is 0.377. The number of thiophene rings is 1. The van der Waals surface area contributed by atoms with Crippen molar-refractivity contribution in [1.82, 2.24) is 9.62 Å². The van der Waals surface area contributed by atoms with E-state index in [-0.39, 0.29) is 18.4 Å². The first-order valence-corrected chi connectivity index (χ1v) is 9.56. The Labute approximate surface area is 145 Å². The summed E-state index contributed by atoms with van der Waals surface area (Å²) in [5, 5.41) is 6.18. The van der Waals surface area contributed by atoms with Crippen LogP contribution in [0.1, 0.15) is 12.8 Å². The fourth-order valence-electron chi connectivity index (χ4n) is 2.71. The maximum Gasteiger partial charge on any atom is 0.244 e.